The highest BCUT2D eigenvalue weighted by Gasteiger charge is 2.29. The Labute approximate surface area is 137 Å². The summed E-state index contributed by atoms with van der Waals surface area (Å²) in [5.41, 5.74) is 0.0486. The van der Waals surface area contributed by atoms with E-state index in [9.17, 15) is 13.2 Å². The fraction of sp³-hybridized carbons (Fsp3) is 0.0769. The molecule has 3 N–H and O–H groups in total. The second kappa shape index (κ2) is 12.0. The Morgan fingerprint density at radius 1 is 0.913 bits per heavy atom. The lowest BCUT2D eigenvalue weighted by molar-refractivity contribution is -0.137. The molecule has 2 aromatic carbocycles. The summed E-state index contributed by atoms with van der Waals surface area (Å²) in [6, 6.07) is 15.3. The van der Waals surface area contributed by atoms with Crippen molar-refractivity contribution in [2.24, 2.45) is 0 Å². The van der Waals surface area contributed by atoms with Crippen molar-refractivity contribution >= 4 is 32.1 Å². The molecule has 4 nitrogen and oxygen atoms in total. The topological polar surface area (TPSA) is 69.9 Å². The summed E-state index contributed by atoms with van der Waals surface area (Å²) in [5, 5.41) is 23.2. The Kier molecular flexibility index (Phi) is 11.2. The third kappa shape index (κ3) is 9.98. The number of benzene rings is 2. The zero-order chi connectivity index (χ0) is 17.7. The van der Waals surface area contributed by atoms with Crippen molar-refractivity contribution < 1.29 is 32.5 Å². The summed E-state index contributed by atoms with van der Waals surface area (Å²) in [4.78, 5) is 0. The molecule has 0 fully saturated rings. The highest BCUT2D eigenvalue weighted by molar-refractivity contribution is 6.63. The molecule has 0 spiro atoms. The van der Waals surface area contributed by atoms with Crippen molar-refractivity contribution in [2.45, 2.75) is 6.18 Å². The lowest BCUT2D eigenvalue weighted by atomic mass is 9.81. The van der Waals surface area contributed by atoms with Gasteiger partial charge in [-0.1, -0.05) is 60.7 Å². The summed E-state index contributed by atoms with van der Waals surface area (Å²) in [7, 11) is -1.78. The van der Waals surface area contributed by atoms with Gasteiger partial charge in [0, 0.05) is 11.9 Å². The van der Waals surface area contributed by atoms with E-state index in [2.05, 4.69) is 4.21 Å². The van der Waals surface area contributed by atoms with Crippen LogP contribution in [0, 0.1) is 0 Å². The molecule has 2 rings (SSSR count). The van der Waals surface area contributed by atoms with Gasteiger partial charge < -0.3 is 19.3 Å². The van der Waals surface area contributed by atoms with Crippen molar-refractivity contribution in [2.75, 3.05) is 0 Å². The van der Waals surface area contributed by atoms with E-state index in [1.165, 1.54) is 12.1 Å². The van der Waals surface area contributed by atoms with Crippen molar-refractivity contribution in [3.63, 3.8) is 0 Å². The van der Waals surface area contributed by atoms with E-state index in [1.807, 2.05) is 6.07 Å². The Morgan fingerprint density at radius 2 is 1.30 bits per heavy atom. The van der Waals surface area contributed by atoms with Crippen molar-refractivity contribution in [1.82, 2.24) is 0 Å². The van der Waals surface area contributed by atoms with Crippen LogP contribution in [0.3, 0.4) is 0 Å². The molecule has 0 bridgehead atoms. The van der Waals surface area contributed by atoms with Gasteiger partial charge in [0.25, 0.3) is 0 Å². The Hall–Kier alpha value is -1.51. The number of hydrogen-bond donors (Lipinski definition) is 3. The normalized spacial score (nSPS) is 9.70. The Bertz CT molecular complexity index is 518. The number of halogens is 4. The fourth-order valence-corrected chi connectivity index (χ4v) is 1.40. The molecule has 0 saturated carbocycles. The molecular weight excluding hydrogens is 334 g/mol. The average Bonchev–Trinajstić information content (AvgIpc) is 2.56. The van der Waals surface area contributed by atoms with E-state index >= 15 is 0 Å². The minimum Gasteiger partial charge on any atom is -0.430 e. The minimum atomic E-state index is -4.21. The maximum atomic E-state index is 11.8. The lowest BCUT2D eigenvalue weighted by Crippen LogP contribution is -2.30. The van der Waals surface area contributed by atoms with Gasteiger partial charge in [-0.3, -0.25) is 0 Å². The van der Waals surface area contributed by atoms with E-state index < -0.39 is 26.5 Å². The molecule has 0 saturated heterocycles. The largest absolute Gasteiger partial charge is 0.508 e. The van der Waals surface area contributed by atoms with Crippen LogP contribution in [-0.2, 0) is 10.4 Å². The van der Waals surface area contributed by atoms with E-state index in [1.54, 1.807) is 30.3 Å². The van der Waals surface area contributed by atoms with E-state index in [4.69, 9.17) is 26.9 Å². The first-order valence-corrected chi connectivity index (χ1v) is 6.52. The monoisotopic (exact) mass is 348 g/mol. The smallest absolute Gasteiger partial charge is 0.430 e. The average molecular weight is 348 g/mol. The van der Waals surface area contributed by atoms with Gasteiger partial charge in [-0.05, 0) is 5.46 Å². The molecule has 0 aliphatic carbocycles. The molecule has 0 amide bonds. The molecule has 0 aliphatic rings. The summed E-state index contributed by atoms with van der Waals surface area (Å²) < 4.78 is 39.5. The van der Waals surface area contributed by atoms with Crippen LogP contribution < -0.4 is 5.46 Å². The van der Waals surface area contributed by atoms with Crippen LogP contribution >= 0.6 is 11.9 Å². The van der Waals surface area contributed by atoms with Gasteiger partial charge >= 0.3 is 21.0 Å². The summed E-state index contributed by atoms with van der Waals surface area (Å²) in [5.74, 6) is 0. The SMILES string of the molecule is FC(F)(F)c1ccccc1.OB(OCl)c1ccccc1.OBO. The summed E-state index contributed by atoms with van der Waals surface area (Å²) in [6.45, 7) is 0. The van der Waals surface area contributed by atoms with Gasteiger partial charge in [0.05, 0.1) is 5.56 Å². The molecule has 0 heterocycles. The third-order valence-electron chi connectivity index (χ3n) is 2.27. The van der Waals surface area contributed by atoms with E-state index in [0.29, 0.717) is 5.46 Å². The highest BCUT2D eigenvalue weighted by Crippen LogP contribution is 2.28. The minimum absolute atomic E-state index is 0.602. The zero-order valence-corrected chi connectivity index (χ0v) is 12.6. The zero-order valence-electron chi connectivity index (χ0n) is 11.8. The Morgan fingerprint density at radius 3 is 1.61 bits per heavy atom. The molecule has 23 heavy (non-hydrogen) atoms. The first-order chi connectivity index (χ1) is 10.9. The van der Waals surface area contributed by atoms with Gasteiger partial charge in [-0.2, -0.15) is 13.2 Å². The third-order valence-corrected chi connectivity index (χ3v) is 2.44. The number of alkyl halides is 3. The van der Waals surface area contributed by atoms with Gasteiger partial charge in [-0.25, -0.2) is 0 Å². The van der Waals surface area contributed by atoms with Crippen LogP contribution in [0.5, 0.6) is 0 Å². The first kappa shape index (κ1) is 21.5. The molecule has 0 atom stereocenters. The number of hydrogen-bond acceptors (Lipinski definition) is 4. The predicted octanol–water partition coefficient (Wildman–Crippen LogP) is 1.49. The van der Waals surface area contributed by atoms with Crippen molar-refractivity contribution in [3.05, 3.63) is 66.2 Å². The maximum absolute atomic E-state index is 11.8. The molecule has 0 unspecified atom stereocenters. The van der Waals surface area contributed by atoms with Gasteiger partial charge in [0.15, 0.2) is 0 Å². The van der Waals surface area contributed by atoms with Crippen LogP contribution in [0.1, 0.15) is 5.56 Å². The van der Waals surface area contributed by atoms with Crippen LogP contribution in [-0.4, -0.2) is 29.9 Å². The van der Waals surface area contributed by atoms with Crippen LogP contribution in [0.15, 0.2) is 60.7 Å². The van der Waals surface area contributed by atoms with Crippen LogP contribution in [0.25, 0.3) is 0 Å². The van der Waals surface area contributed by atoms with E-state index in [0.717, 1.165) is 12.1 Å². The van der Waals surface area contributed by atoms with Gasteiger partial charge in [0.1, 0.15) is 0 Å². The number of rotatable bonds is 2. The maximum Gasteiger partial charge on any atom is 0.508 e. The molecular formula is C13H14B2ClF3O4. The first-order valence-electron chi connectivity index (χ1n) is 6.21. The lowest BCUT2D eigenvalue weighted by Gasteiger charge is -2.03. The van der Waals surface area contributed by atoms with Crippen molar-refractivity contribution in [1.29, 1.82) is 0 Å². The van der Waals surface area contributed by atoms with Gasteiger partial charge in [-0.15, -0.1) is 0 Å². The summed E-state index contributed by atoms with van der Waals surface area (Å²) >= 11 is 4.94. The van der Waals surface area contributed by atoms with Crippen LogP contribution in [0.4, 0.5) is 13.2 Å². The molecule has 124 valence electrons. The molecule has 0 aromatic heterocycles. The fourth-order valence-electron chi connectivity index (χ4n) is 1.30. The molecule has 10 heteroatoms. The second-order valence-electron chi connectivity index (χ2n) is 3.86. The standard InChI is InChI=1S/C7H5F3.C6H6BClO2.BH3O2/c8-7(9,10)6-4-2-1-3-5-6;8-10-7(9)6-4-2-1-3-5-6;2-1-3/h1-5H;1-5,9H;1-3H. The predicted molar refractivity (Wildman–Crippen MR) is 84.0 cm³/mol. The molecule has 0 aliphatic heterocycles. The molecule has 2 aromatic rings. The van der Waals surface area contributed by atoms with Crippen molar-refractivity contribution in [3.8, 4) is 0 Å². The molecule has 0 radical (unpaired) electrons. The highest BCUT2D eigenvalue weighted by atomic mass is 35.5. The van der Waals surface area contributed by atoms with E-state index in [-0.39, 0.29) is 0 Å². The summed E-state index contributed by atoms with van der Waals surface area (Å²) in [6.07, 6.45) is -4.21. The second-order valence-corrected chi connectivity index (χ2v) is 4.04. The Balaban J connectivity index is 0.000000360. The van der Waals surface area contributed by atoms with Gasteiger partial charge in [0.2, 0.25) is 0 Å². The quantitative estimate of drug-likeness (QED) is 0.719. The van der Waals surface area contributed by atoms with Crippen LogP contribution in [0.2, 0.25) is 0 Å².